The van der Waals surface area contributed by atoms with Gasteiger partial charge in [-0.15, -0.1) is 0 Å². The minimum absolute atomic E-state index is 0.0204. The summed E-state index contributed by atoms with van der Waals surface area (Å²) in [6.45, 7) is 4.32. The number of hydrogen-bond donors (Lipinski definition) is 2. The largest absolute Gasteiger partial charge is 0.481 e. The molecule has 0 radical (unpaired) electrons. The summed E-state index contributed by atoms with van der Waals surface area (Å²) >= 11 is 0. The molecule has 0 spiro atoms. The van der Waals surface area contributed by atoms with Crippen LogP contribution in [-0.2, 0) is 9.59 Å². The summed E-state index contributed by atoms with van der Waals surface area (Å²) in [6.07, 6.45) is 7.86. The number of nitrogens with one attached hydrogen (secondary N) is 1. The van der Waals surface area contributed by atoms with E-state index in [0.717, 1.165) is 19.3 Å². The van der Waals surface area contributed by atoms with Crippen molar-refractivity contribution in [3.8, 4) is 0 Å². The van der Waals surface area contributed by atoms with Crippen LogP contribution in [-0.4, -0.2) is 23.5 Å². The van der Waals surface area contributed by atoms with Gasteiger partial charge in [0.15, 0.2) is 0 Å². The Balaban J connectivity index is 2.28. The zero-order chi connectivity index (χ0) is 13.6. The van der Waals surface area contributed by atoms with Gasteiger partial charge in [0.1, 0.15) is 0 Å². The predicted molar refractivity (Wildman–Crippen MR) is 70.1 cm³/mol. The van der Waals surface area contributed by atoms with Crippen LogP contribution in [0.15, 0.2) is 12.2 Å². The maximum Gasteiger partial charge on any atom is 0.303 e. The molecule has 1 amide bonds. The van der Waals surface area contributed by atoms with Crippen LogP contribution in [0.2, 0.25) is 0 Å². The van der Waals surface area contributed by atoms with Crippen LogP contribution in [0.25, 0.3) is 0 Å². The average molecular weight is 253 g/mol. The number of carboxylic acids is 1. The summed E-state index contributed by atoms with van der Waals surface area (Å²) in [7, 11) is 0. The van der Waals surface area contributed by atoms with Gasteiger partial charge in [0.2, 0.25) is 5.91 Å². The van der Waals surface area contributed by atoms with Crippen molar-refractivity contribution < 1.29 is 14.7 Å². The molecule has 0 bridgehead atoms. The zero-order valence-corrected chi connectivity index (χ0v) is 11.2. The molecule has 1 atom stereocenters. The van der Waals surface area contributed by atoms with Crippen molar-refractivity contribution in [1.82, 2.24) is 5.32 Å². The molecule has 4 nitrogen and oxygen atoms in total. The van der Waals surface area contributed by atoms with Crippen molar-refractivity contribution in [2.75, 3.05) is 6.54 Å². The normalized spacial score (nSPS) is 19.6. The molecule has 0 aromatic heterocycles. The lowest BCUT2D eigenvalue weighted by Gasteiger charge is -2.23. The Morgan fingerprint density at radius 3 is 2.61 bits per heavy atom. The Bertz CT molecular complexity index is 334. The lowest BCUT2D eigenvalue weighted by atomic mass is 9.85. The van der Waals surface area contributed by atoms with Crippen LogP contribution in [0.3, 0.4) is 0 Å². The van der Waals surface area contributed by atoms with E-state index in [4.69, 9.17) is 5.11 Å². The van der Waals surface area contributed by atoms with Gasteiger partial charge in [-0.1, -0.05) is 26.0 Å². The van der Waals surface area contributed by atoms with Crippen LogP contribution < -0.4 is 5.32 Å². The lowest BCUT2D eigenvalue weighted by molar-refractivity contribution is -0.139. The summed E-state index contributed by atoms with van der Waals surface area (Å²) in [6, 6.07) is 0. The van der Waals surface area contributed by atoms with Gasteiger partial charge in [0.25, 0.3) is 0 Å². The van der Waals surface area contributed by atoms with E-state index in [1.165, 1.54) is 0 Å². The van der Waals surface area contributed by atoms with E-state index < -0.39 is 11.4 Å². The molecule has 1 unspecified atom stereocenters. The number of rotatable bonds is 6. The highest BCUT2D eigenvalue weighted by molar-refractivity contribution is 5.77. The van der Waals surface area contributed by atoms with Gasteiger partial charge in [0, 0.05) is 13.0 Å². The topological polar surface area (TPSA) is 66.4 Å². The quantitative estimate of drug-likeness (QED) is 0.714. The molecule has 0 aromatic carbocycles. The summed E-state index contributed by atoms with van der Waals surface area (Å²) in [5.41, 5.74) is -0.484. The van der Waals surface area contributed by atoms with Crippen molar-refractivity contribution in [2.24, 2.45) is 11.3 Å². The molecule has 0 aromatic rings. The Labute approximate surface area is 108 Å². The van der Waals surface area contributed by atoms with Gasteiger partial charge in [-0.3, -0.25) is 9.59 Å². The third-order valence-corrected chi connectivity index (χ3v) is 3.23. The monoisotopic (exact) mass is 253 g/mol. The predicted octanol–water partition coefficient (Wildman–Crippen LogP) is 2.35. The van der Waals surface area contributed by atoms with Gasteiger partial charge in [-0.2, -0.15) is 0 Å². The summed E-state index contributed by atoms with van der Waals surface area (Å²) in [4.78, 5) is 22.4. The molecule has 0 saturated carbocycles. The van der Waals surface area contributed by atoms with Crippen molar-refractivity contribution in [1.29, 1.82) is 0 Å². The fourth-order valence-electron chi connectivity index (χ4n) is 2.27. The Kier molecular flexibility index (Phi) is 5.38. The molecule has 0 aliphatic heterocycles. The minimum atomic E-state index is -0.856. The van der Waals surface area contributed by atoms with Crippen molar-refractivity contribution in [2.45, 2.75) is 46.0 Å². The zero-order valence-electron chi connectivity index (χ0n) is 11.2. The van der Waals surface area contributed by atoms with Crippen molar-refractivity contribution >= 4 is 11.9 Å². The molecule has 1 aliphatic rings. The van der Waals surface area contributed by atoms with Gasteiger partial charge in [-0.25, -0.2) is 0 Å². The molecule has 4 heteroatoms. The van der Waals surface area contributed by atoms with Crippen LogP contribution in [0.1, 0.15) is 46.0 Å². The Morgan fingerprint density at radius 1 is 1.33 bits per heavy atom. The first kappa shape index (κ1) is 14.7. The van der Waals surface area contributed by atoms with Crippen LogP contribution in [0.5, 0.6) is 0 Å². The molecule has 1 aliphatic carbocycles. The SMILES string of the molecule is CC(C)(CC(=O)O)CC(=O)NCC1CC=CCC1. The van der Waals surface area contributed by atoms with E-state index in [1.54, 1.807) is 0 Å². The summed E-state index contributed by atoms with van der Waals surface area (Å²) < 4.78 is 0. The second-order valence-electron chi connectivity index (χ2n) is 5.87. The fourth-order valence-corrected chi connectivity index (χ4v) is 2.27. The first-order valence-corrected chi connectivity index (χ1v) is 6.52. The first-order valence-electron chi connectivity index (χ1n) is 6.52. The Hall–Kier alpha value is -1.32. The lowest BCUT2D eigenvalue weighted by Crippen LogP contribution is -2.33. The second kappa shape index (κ2) is 6.57. The number of aliphatic carboxylic acids is 1. The summed E-state index contributed by atoms with van der Waals surface area (Å²) in [5.74, 6) is -0.373. The van der Waals surface area contributed by atoms with Crippen LogP contribution in [0, 0.1) is 11.3 Å². The molecule has 0 fully saturated rings. The molecular formula is C14H23NO3. The maximum atomic E-state index is 11.8. The molecule has 0 saturated heterocycles. The highest BCUT2D eigenvalue weighted by Gasteiger charge is 2.25. The van der Waals surface area contributed by atoms with E-state index in [0.29, 0.717) is 12.5 Å². The van der Waals surface area contributed by atoms with E-state index >= 15 is 0 Å². The molecule has 1 rings (SSSR count). The third-order valence-electron chi connectivity index (χ3n) is 3.23. The smallest absolute Gasteiger partial charge is 0.303 e. The van der Waals surface area contributed by atoms with Crippen molar-refractivity contribution in [3.63, 3.8) is 0 Å². The second-order valence-corrected chi connectivity index (χ2v) is 5.87. The standard InChI is InChI=1S/C14H23NO3/c1-14(2,9-13(17)18)8-12(16)15-10-11-6-4-3-5-7-11/h3-4,11H,5-10H2,1-2H3,(H,15,16)(H,17,18). The average Bonchev–Trinajstić information content (AvgIpc) is 2.25. The number of allylic oxidation sites excluding steroid dienone is 2. The molecule has 102 valence electrons. The van der Waals surface area contributed by atoms with Gasteiger partial charge >= 0.3 is 5.97 Å². The molecule has 0 heterocycles. The molecule has 2 N–H and O–H groups in total. The molecule has 18 heavy (non-hydrogen) atoms. The van der Waals surface area contributed by atoms with Crippen molar-refractivity contribution in [3.05, 3.63) is 12.2 Å². The van der Waals surface area contributed by atoms with Crippen LogP contribution >= 0.6 is 0 Å². The van der Waals surface area contributed by atoms with Crippen LogP contribution in [0.4, 0.5) is 0 Å². The number of carbonyl (C=O) groups is 2. The number of amides is 1. The van der Waals surface area contributed by atoms with E-state index in [2.05, 4.69) is 17.5 Å². The Morgan fingerprint density at radius 2 is 2.06 bits per heavy atom. The highest BCUT2D eigenvalue weighted by atomic mass is 16.4. The number of hydrogen-bond acceptors (Lipinski definition) is 2. The van der Waals surface area contributed by atoms with Gasteiger partial charge in [-0.05, 0) is 30.6 Å². The molecular weight excluding hydrogens is 230 g/mol. The first-order chi connectivity index (χ1) is 8.39. The summed E-state index contributed by atoms with van der Waals surface area (Å²) in [5, 5.41) is 11.7. The fraction of sp³-hybridized carbons (Fsp3) is 0.714. The maximum absolute atomic E-state index is 11.8. The van der Waals surface area contributed by atoms with E-state index in [-0.39, 0.29) is 18.7 Å². The number of carbonyl (C=O) groups excluding carboxylic acids is 1. The van der Waals surface area contributed by atoms with Gasteiger partial charge in [0.05, 0.1) is 6.42 Å². The van der Waals surface area contributed by atoms with E-state index in [9.17, 15) is 9.59 Å². The third kappa shape index (κ3) is 5.84. The number of carboxylic acid groups (broad SMARTS) is 1. The van der Waals surface area contributed by atoms with E-state index in [1.807, 2.05) is 13.8 Å². The van der Waals surface area contributed by atoms with Gasteiger partial charge < -0.3 is 10.4 Å². The highest BCUT2D eigenvalue weighted by Crippen LogP contribution is 2.25. The minimum Gasteiger partial charge on any atom is -0.481 e.